The fourth-order valence-electron chi connectivity index (χ4n) is 2.21. The topological polar surface area (TPSA) is 38.8 Å². The van der Waals surface area contributed by atoms with Crippen molar-refractivity contribution in [3.63, 3.8) is 0 Å². The lowest BCUT2D eigenvalue weighted by Gasteiger charge is -2.32. The molecule has 0 amide bonds. The van der Waals surface area contributed by atoms with Crippen molar-refractivity contribution in [3.05, 3.63) is 15.8 Å². The van der Waals surface area contributed by atoms with Crippen molar-refractivity contribution in [2.45, 2.75) is 26.8 Å². The van der Waals surface area contributed by atoms with Gasteiger partial charge in [0.2, 0.25) is 0 Å². The lowest BCUT2D eigenvalue weighted by molar-refractivity contribution is -0.131. The maximum Gasteiger partial charge on any atom is 0.308 e. The van der Waals surface area contributed by atoms with Crippen molar-refractivity contribution >= 4 is 17.3 Å². The molecule has 0 aliphatic carbocycles. The number of hydrogen-bond acceptors (Lipinski definition) is 5. The summed E-state index contributed by atoms with van der Waals surface area (Å²) in [5, 5.41) is 1.92. The van der Waals surface area contributed by atoms with Crippen LogP contribution in [0.3, 0.4) is 0 Å². The van der Waals surface area contributed by atoms with Crippen LogP contribution in [-0.2, 0) is 9.53 Å². The first kappa shape index (κ1) is 13.5. The van der Waals surface area contributed by atoms with Crippen molar-refractivity contribution in [2.24, 2.45) is 0 Å². The lowest BCUT2D eigenvalue weighted by atomic mass is 10.1. The van der Waals surface area contributed by atoms with Gasteiger partial charge >= 0.3 is 5.97 Å². The minimum Gasteiger partial charge on any atom is -0.426 e. The molecule has 18 heavy (non-hydrogen) atoms. The van der Waals surface area contributed by atoms with Gasteiger partial charge in [0.25, 0.3) is 0 Å². The normalized spacial score (nSPS) is 18.6. The molecule has 4 nitrogen and oxygen atoms in total. The van der Waals surface area contributed by atoms with Gasteiger partial charge in [-0.3, -0.25) is 9.69 Å². The molecule has 1 atom stereocenters. The van der Waals surface area contributed by atoms with Crippen LogP contribution in [0.4, 0.5) is 0 Å². The summed E-state index contributed by atoms with van der Waals surface area (Å²) in [7, 11) is 0. The Labute approximate surface area is 111 Å². The minimum absolute atomic E-state index is 0.263. The molecule has 0 bridgehead atoms. The van der Waals surface area contributed by atoms with E-state index in [4.69, 9.17) is 9.47 Å². The molecule has 0 radical (unpaired) electrons. The molecule has 0 saturated carbocycles. The second kappa shape index (κ2) is 5.82. The third kappa shape index (κ3) is 2.91. The predicted octanol–water partition coefficient (Wildman–Crippen LogP) is 2.38. The second-order valence-electron chi connectivity index (χ2n) is 4.51. The number of ether oxygens (including phenoxy) is 2. The van der Waals surface area contributed by atoms with Crippen LogP contribution in [0.15, 0.2) is 5.38 Å². The number of thiophene rings is 1. The molecule has 0 spiro atoms. The first-order chi connectivity index (χ1) is 8.59. The standard InChI is InChI=1S/C13H19NO3S/c1-9-12(17-11(3)15)8-18-13(9)10(2)14-4-6-16-7-5-14/h8,10H,4-7H2,1-3H3. The number of morpholine rings is 1. The Hall–Kier alpha value is -0.910. The van der Waals surface area contributed by atoms with Crippen LogP contribution >= 0.6 is 11.3 Å². The van der Waals surface area contributed by atoms with Crippen LogP contribution in [-0.4, -0.2) is 37.2 Å². The highest BCUT2D eigenvalue weighted by molar-refractivity contribution is 7.10. The van der Waals surface area contributed by atoms with Gasteiger partial charge in [0, 0.05) is 41.9 Å². The summed E-state index contributed by atoms with van der Waals surface area (Å²) in [6.07, 6.45) is 0. The molecule has 0 aromatic carbocycles. The number of hydrogen-bond donors (Lipinski definition) is 0. The smallest absolute Gasteiger partial charge is 0.308 e. The molecule has 100 valence electrons. The number of rotatable bonds is 3. The van der Waals surface area contributed by atoms with Gasteiger partial charge in [-0.25, -0.2) is 0 Å². The van der Waals surface area contributed by atoms with E-state index in [1.54, 1.807) is 11.3 Å². The fraction of sp³-hybridized carbons (Fsp3) is 0.615. The Morgan fingerprint density at radius 1 is 1.50 bits per heavy atom. The summed E-state index contributed by atoms with van der Waals surface area (Å²) >= 11 is 1.66. The van der Waals surface area contributed by atoms with E-state index in [-0.39, 0.29) is 5.97 Å². The fourth-order valence-corrected chi connectivity index (χ4v) is 3.30. The molecule has 1 aliphatic rings. The van der Waals surface area contributed by atoms with Crippen LogP contribution < -0.4 is 4.74 Å². The highest BCUT2D eigenvalue weighted by atomic mass is 32.1. The molecule has 1 aromatic rings. The zero-order valence-electron chi connectivity index (χ0n) is 11.1. The SMILES string of the molecule is CC(=O)Oc1csc(C(C)N2CCOCC2)c1C. The first-order valence-electron chi connectivity index (χ1n) is 6.17. The highest BCUT2D eigenvalue weighted by Crippen LogP contribution is 2.35. The van der Waals surface area contributed by atoms with Crippen molar-refractivity contribution in [2.75, 3.05) is 26.3 Å². The molecule has 1 aromatic heterocycles. The molecule has 1 unspecified atom stereocenters. The van der Waals surface area contributed by atoms with Gasteiger partial charge in [-0.2, -0.15) is 0 Å². The summed E-state index contributed by atoms with van der Waals surface area (Å²) in [5.74, 6) is 0.434. The van der Waals surface area contributed by atoms with Crippen molar-refractivity contribution in [1.29, 1.82) is 0 Å². The van der Waals surface area contributed by atoms with E-state index in [1.807, 2.05) is 12.3 Å². The van der Waals surface area contributed by atoms with Gasteiger partial charge in [0.1, 0.15) is 5.75 Å². The van der Waals surface area contributed by atoms with E-state index >= 15 is 0 Å². The molecular weight excluding hydrogens is 250 g/mol. The third-order valence-corrected chi connectivity index (χ3v) is 4.49. The summed E-state index contributed by atoms with van der Waals surface area (Å²) in [4.78, 5) is 14.7. The maximum atomic E-state index is 11.0. The maximum absolute atomic E-state index is 11.0. The van der Waals surface area contributed by atoms with E-state index in [0.29, 0.717) is 11.8 Å². The molecule has 1 saturated heterocycles. The predicted molar refractivity (Wildman–Crippen MR) is 71.2 cm³/mol. The van der Waals surface area contributed by atoms with E-state index in [2.05, 4.69) is 11.8 Å². The Morgan fingerprint density at radius 3 is 2.78 bits per heavy atom. The molecule has 5 heteroatoms. The third-order valence-electron chi connectivity index (χ3n) is 3.26. The van der Waals surface area contributed by atoms with E-state index < -0.39 is 0 Å². The molecular formula is C13H19NO3S. The Balaban J connectivity index is 2.12. The lowest BCUT2D eigenvalue weighted by Crippen LogP contribution is -2.37. The summed E-state index contributed by atoms with van der Waals surface area (Å²) in [5.41, 5.74) is 1.08. The Morgan fingerprint density at radius 2 is 2.17 bits per heavy atom. The van der Waals surface area contributed by atoms with Crippen LogP contribution in [0.25, 0.3) is 0 Å². The highest BCUT2D eigenvalue weighted by Gasteiger charge is 2.23. The van der Waals surface area contributed by atoms with Gasteiger partial charge in [-0.15, -0.1) is 11.3 Å². The quantitative estimate of drug-likeness (QED) is 0.790. The molecule has 2 rings (SSSR count). The van der Waals surface area contributed by atoms with Gasteiger partial charge in [0.05, 0.1) is 13.2 Å². The van der Waals surface area contributed by atoms with Crippen molar-refractivity contribution in [1.82, 2.24) is 4.90 Å². The van der Waals surface area contributed by atoms with Gasteiger partial charge in [-0.1, -0.05) is 0 Å². The first-order valence-corrected chi connectivity index (χ1v) is 7.05. The Bertz CT molecular complexity index is 424. The van der Waals surface area contributed by atoms with Crippen molar-refractivity contribution in [3.8, 4) is 5.75 Å². The number of carbonyl (C=O) groups excluding carboxylic acids is 1. The van der Waals surface area contributed by atoms with Gasteiger partial charge in [-0.05, 0) is 13.8 Å². The molecule has 1 fully saturated rings. The van der Waals surface area contributed by atoms with E-state index in [0.717, 1.165) is 31.9 Å². The Kier molecular flexibility index (Phi) is 4.37. The zero-order chi connectivity index (χ0) is 13.1. The van der Waals surface area contributed by atoms with Crippen LogP contribution in [0.1, 0.15) is 30.3 Å². The monoisotopic (exact) mass is 269 g/mol. The van der Waals surface area contributed by atoms with Crippen LogP contribution in [0.5, 0.6) is 5.75 Å². The average Bonchev–Trinajstić information content (AvgIpc) is 2.71. The van der Waals surface area contributed by atoms with Crippen LogP contribution in [0, 0.1) is 6.92 Å². The molecule has 1 aliphatic heterocycles. The average molecular weight is 269 g/mol. The second-order valence-corrected chi connectivity index (χ2v) is 5.42. The summed E-state index contributed by atoms with van der Waals surface area (Å²) in [6, 6.07) is 0.350. The molecule has 0 N–H and O–H groups in total. The van der Waals surface area contributed by atoms with Gasteiger partial charge < -0.3 is 9.47 Å². The van der Waals surface area contributed by atoms with Crippen LogP contribution in [0.2, 0.25) is 0 Å². The summed E-state index contributed by atoms with van der Waals surface area (Å²) in [6.45, 7) is 9.16. The van der Waals surface area contributed by atoms with Crippen molar-refractivity contribution < 1.29 is 14.3 Å². The number of nitrogens with zero attached hydrogens (tertiary/aromatic N) is 1. The van der Waals surface area contributed by atoms with E-state index in [9.17, 15) is 4.79 Å². The minimum atomic E-state index is -0.263. The molecule has 2 heterocycles. The largest absolute Gasteiger partial charge is 0.426 e. The van der Waals surface area contributed by atoms with Gasteiger partial charge in [0.15, 0.2) is 0 Å². The zero-order valence-corrected chi connectivity index (χ0v) is 11.9. The summed E-state index contributed by atoms with van der Waals surface area (Å²) < 4.78 is 10.6. The number of carbonyl (C=O) groups is 1. The van der Waals surface area contributed by atoms with E-state index in [1.165, 1.54) is 11.8 Å². The number of esters is 1.